The number of carbonyl (C=O) groups excluding carboxylic acids is 1. The van der Waals surface area contributed by atoms with Crippen molar-refractivity contribution in [3.05, 3.63) is 105 Å². The fraction of sp³-hybridized carbons (Fsp3) is 0.240. The van der Waals surface area contributed by atoms with Crippen molar-refractivity contribution in [2.45, 2.75) is 38.7 Å². The van der Waals surface area contributed by atoms with Gasteiger partial charge in [-0.15, -0.1) is 0 Å². The van der Waals surface area contributed by atoms with Crippen LogP contribution >= 0.6 is 11.6 Å². The SMILES string of the molecule is Cc1cc(Cl)ccc1C(=O)C(O)(c1ccc(F)cc1)c1ccc(C(C)(C)C)cc1. The van der Waals surface area contributed by atoms with E-state index in [2.05, 4.69) is 20.8 Å². The van der Waals surface area contributed by atoms with Crippen LogP contribution in [-0.4, -0.2) is 10.9 Å². The quantitative estimate of drug-likeness (QED) is 0.519. The summed E-state index contributed by atoms with van der Waals surface area (Å²) in [4.78, 5) is 13.6. The molecule has 2 nitrogen and oxygen atoms in total. The van der Waals surface area contributed by atoms with E-state index < -0.39 is 17.2 Å². The molecule has 0 bridgehead atoms. The van der Waals surface area contributed by atoms with Gasteiger partial charge in [0.25, 0.3) is 0 Å². The van der Waals surface area contributed by atoms with E-state index in [1.165, 1.54) is 24.3 Å². The average Bonchev–Trinajstić information content (AvgIpc) is 2.67. The van der Waals surface area contributed by atoms with E-state index in [1.54, 1.807) is 37.3 Å². The number of ketones is 1. The van der Waals surface area contributed by atoms with Crippen LogP contribution in [0.2, 0.25) is 5.02 Å². The molecule has 0 radical (unpaired) electrons. The van der Waals surface area contributed by atoms with Crippen LogP contribution in [0.5, 0.6) is 0 Å². The topological polar surface area (TPSA) is 37.3 Å². The molecule has 0 aliphatic rings. The normalized spacial score (nSPS) is 13.8. The number of Topliss-reactive ketones (excluding diaryl/α,β-unsaturated/α-hetero) is 1. The number of aliphatic hydroxyl groups is 1. The van der Waals surface area contributed by atoms with Crippen LogP contribution in [0, 0.1) is 12.7 Å². The van der Waals surface area contributed by atoms with Crippen LogP contribution in [0.25, 0.3) is 0 Å². The molecular weight excluding hydrogens is 387 g/mol. The van der Waals surface area contributed by atoms with Gasteiger partial charge < -0.3 is 5.11 Å². The highest BCUT2D eigenvalue weighted by atomic mass is 35.5. The highest BCUT2D eigenvalue weighted by Gasteiger charge is 2.41. The van der Waals surface area contributed by atoms with Crippen LogP contribution in [0.15, 0.2) is 66.7 Å². The van der Waals surface area contributed by atoms with Crippen molar-refractivity contribution in [1.29, 1.82) is 0 Å². The Morgan fingerprint density at radius 2 is 1.34 bits per heavy atom. The lowest BCUT2D eigenvalue weighted by atomic mass is 9.78. The lowest BCUT2D eigenvalue weighted by Gasteiger charge is -2.29. The minimum absolute atomic E-state index is 0.0662. The summed E-state index contributed by atoms with van der Waals surface area (Å²) in [5.74, 6) is -0.920. The Hall–Kier alpha value is -2.49. The van der Waals surface area contributed by atoms with Crippen LogP contribution < -0.4 is 0 Å². The van der Waals surface area contributed by atoms with Gasteiger partial charge in [0.15, 0.2) is 5.60 Å². The van der Waals surface area contributed by atoms with Gasteiger partial charge in [0.2, 0.25) is 5.78 Å². The molecule has 1 N–H and O–H groups in total. The molecule has 0 fully saturated rings. The second-order valence-electron chi connectivity index (χ2n) is 8.33. The molecule has 1 unspecified atom stereocenters. The molecule has 3 rings (SSSR count). The number of aryl methyl sites for hydroxylation is 1. The Morgan fingerprint density at radius 1 is 0.862 bits per heavy atom. The van der Waals surface area contributed by atoms with Crippen LogP contribution in [0.3, 0.4) is 0 Å². The third-order valence-corrected chi connectivity index (χ3v) is 5.43. The van der Waals surface area contributed by atoms with E-state index in [-0.39, 0.29) is 5.41 Å². The van der Waals surface area contributed by atoms with Crippen molar-refractivity contribution in [1.82, 2.24) is 0 Å². The summed E-state index contributed by atoms with van der Waals surface area (Å²) in [6.07, 6.45) is 0. The molecule has 0 saturated carbocycles. The fourth-order valence-electron chi connectivity index (χ4n) is 3.41. The summed E-state index contributed by atoms with van der Waals surface area (Å²) in [5.41, 5.74) is 0.818. The molecule has 0 amide bonds. The van der Waals surface area contributed by atoms with E-state index in [0.29, 0.717) is 27.3 Å². The minimum Gasteiger partial charge on any atom is -0.373 e. The molecule has 0 heterocycles. The number of hydrogen-bond acceptors (Lipinski definition) is 2. The van der Waals surface area contributed by atoms with Crippen molar-refractivity contribution in [3.8, 4) is 0 Å². The van der Waals surface area contributed by atoms with Crippen LogP contribution in [-0.2, 0) is 11.0 Å². The first-order valence-electron chi connectivity index (χ1n) is 9.44. The van der Waals surface area contributed by atoms with E-state index in [0.717, 1.165) is 5.56 Å². The molecule has 3 aromatic carbocycles. The second kappa shape index (κ2) is 7.74. The zero-order valence-electron chi connectivity index (χ0n) is 17.0. The lowest BCUT2D eigenvalue weighted by Crippen LogP contribution is -2.37. The summed E-state index contributed by atoms with van der Waals surface area (Å²) < 4.78 is 13.5. The van der Waals surface area contributed by atoms with Gasteiger partial charge in [-0.2, -0.15) is 0 Å². The van der Waals surface area contributed by atoms with Crippen molar-refractivity contribution >= 4 is 17.4 Å². The Kier molecular flexibility index (Phi) is 5.66. The first-order valence-corrected chi connectivity index (χ1v) is 9.81. The van der Waals surface area contributed by atoms with E-state index in [1.807, 2.05) is 12.1 Å². The van der Waals surface area contributed by atoms with Gasteiger partial charge in [-0.05, 0) is 64.9 Å². The molecule has 4 heteroatoms. The Balaban J connectivity index is 2.19. The first kappa shape index (κ1) is 21.2. The smallest absolute Gasteiger partial charge is 0.203 e. The monoisotopic (exact) mass is 410 g/mol. The molecule has 29 heavy (non-hydrogen) atoms. The van der Waals surface area contributed by atoms with Crippen molar-refractivity contribution < 1.29 is 14.3 Å². The number of benzene rings is 3. The van der Waals surface area contributed by atoms with Gasteiger partial charge in [-0.25, -0.2) is 4.39 Å². The zero-order chi connectivity index (χ0) is 21.4. The third-order valence-electron chi connectivity index (χ3n) is 5.19. The van der Waals surface area contributed by atoms with E-state index in [4.69, 9.17) is 11.6 Å². The minimum atomic E-state index is -1.96. The first-order chi connectivity index (χ1) is 13.5. The summed E-state index contributed by atoms with van der Waals surface area (Å²) in [6, 6.07) is 17.6. The van der Waals surface area contributed by atoms with Crippen molar-refractivity contribution in [2.24, 2.45) is 0 Å². The van der Waals surface area contributed by atoms with Gasteiger partial charge in [0.05, 0.1) is 0 Å². The Bertz CT molecular complexity index is 1030. The molecular formula is C25H24ClFO2. The number of rotatable bonds is 4. The summed E-state index contributed by atoms with van der Waals surface area (Å²) >= 11 is 6.03. The Labute approximate surface area is 176 Å². The Morgan fingerprint density at radius 3 is 1.83 bits per heavy atom. The molecule has 150 valence electrons. The van der Waals surface area contributed by atoms with Gasteiger partial charge in [-0.3, -0.25) is 4.79 Å². The van der Waals surface area contributed by atoms with Gasteiger partial charge in [-0.1, -0.05) is 68.8 Å². The predicted molar refractivity (Wildman–Crippen MR) is 115 cm³/mol. The van der Waals surface area contributed by atoms with Crippen molar-refractivity contribution in [2.75, 3.05) is 0 Å². The van der Waals surface area contributed by atoms with Gasteiger partial charge >= 0.3 is 0 Å². The van der Waals surface area contributed by atoms with Gasteiger partial charge in [0.1, 0.15) is 5.82 Å². The fourth-order valence-corrected chi connectivity index (χ4v) is 3.63. The molecule has 1 atom stereocenters. The van der Waals surface area contributed by atoms with E-state index >= 15 is 0 Å². The predicted octanol–water partition coefficient (Wildman–Crippen LogP) is 6.20. The molecule has 0 aliphatic heterocycles. The summed E-state index contributed by atoms with van der Waals surface area (Å²) in [7, 11) is 0. The highest BCUT2D eigenvalue weighted by molar-refractivity contribution is 6.30. The molecule has 3 aromatic rings. The molecule has 0 spiro atoms. The number of hydrogen-bond donors (Lipinski definition) is 1. The lowest BCUT2D eigenvalue weighted by molar-refractivity contribution is 0.0486. The average molecular weight is 411 g/mol. The highest BCUT2D eigenvalue weighted by Crippen LogP contribution is 2.36. The van der Waals surface area contributed by atoms with E-state index in [9.17, 15) is 14.3 Å². The maximum absolute atomic E-state index is 13.6. The largest absolute Gasteiger partial charge is 0.373 e. The zero-order valence-corrected chi connectivity index (χ0v) is 17.7. The van der Waals surface area contributed by atoms with Crippen molar-refractivity contribution in [3.63, 3.8) is 0 Å². The molecule has 0 aromatic heterocycles. The maximum Gasteiger partial charge on any atom is 0.203 e. The summed E-state index contributed by atoms with van der Waals surface area (Å²) in [5, 5.41) is 12.3. The number of halogens is 2. The second-order valence-corrected chi connectivity index (χ2v) is 8.77. The molecule has 0 aliphatic carbocycles. The molecule has 0 saturated heterocycles. The summed E-state index contributed by atoms with van der Waals surface area (Å²) in [6.45, 7) is 8.05. The number of carbonyl (C=O) groups is 1. The van der Waals surface area contributed by atoms with Crippen LogP contribution in [0.1, 0.15) is 53.4 Å². The standard InChI is InChI=1S/C25H24ClFO2/c1-16-15-20(26)11-14-22(16)23(28)25(29,19-9-12-21(27)13-10-19)18-7-5-17(6-8-18)24(2,3)4/h5-15,29H,1-4H3. The van der Waals surface area contributed by atoms with Crippen LogP contribution in [0.4, 0.5) is 4.39 Å². The maximum atomic E-state index is 13.6. The van der Waals surface area contributed by atoms with Gasteiger partial charge in [0, 0.05) is 10.6 Å². The third kappa shape index (κ3) is 4.12.